The van der Waals surface area contributed by atoms with Gasteiger partial charge in [-0.25, -0.2) is 4.98 Å². The quantitative estimate of drug-likeness (QED) is 0.143. The van der Waals surface area contributed by atoms with Crippen LogP contribution < -0.4 is 16.0 Å². The fraction of sp³-hybridized carbons (Fsp3) is 0.378. The maximum atomic E-state index is 12.4. The number of ether oxygens (including phenoxy) is 1. The van der Waals surface area contributed by atoms with Crippen LogP contribution in [0.25, 0.3) is 27.7 Å². The van der Waals surface area contributed by atoms with Crippen molar-refractivity contribution in [2.45, 2.75) is 51.7 Å². The molecule has 48 heavy (non-hydrogen) atoms. The third-order valence-electron chi connectivity index (χ3n) is 8.48. The van der Waals surface area contributed by atoms with Crippen LogP contribution in [0.1, 0.15) is 49.6 Å². The van der Waals surface area contributed by atoms with Crippen LogP contribution in [0, 0.1) is 0 Å². The smallest absolute Gasteiger partial charge is 0.248 e. The Balaban J connectivity index is 1.23. The van der Waals surface area contributed by atoms with E-state index in [0.717, 1.165) is 89.3 Å². The normalized spacial score (nSPS) is 15.2. The van der Waals surface area contributed by atoms with Crippen molar-refractivity contribution in [2.24, 2.45) is 0 Å². The van der Waals surface area contributed by atoms with Crippen LogP contribution in [0.5, 0.6) is 0 Å². The number of morpholine rings is 1. The number of carbonyl (C=O) groups is 1. The highest BCUT2D eigenvalue weighted by atomic mass is 16.5. The van der Waals surface area contributed by atoms with Crippen LogP contribution in [0.15, 0.2) is 73.1 Å². The second-order valence-corrected chi connectivity index (χ2v) is 12.8. The lowest BCUT2D eigenvalue weighted by Crippen LogP contribution is -2.38. The first-order valence-corrected chi connectivity index (χ1v) is 16.8. The number of fused-ring (bicyclic) bond motifs is 2. The van der Waals surface area contributed by atoms with Gasteiger partial charge in [-0.1, -0.05) is 50.3 Å². The summed E-state index contributed by atoms with van der Waals surface area (Å²) in [5.74, 6) is 1.60. The molecule has 250 valence electrons. The Morgan fingerprint density at radius 1 is 1.17 bits per heavy atom. The number of hydrogen-bond acceptors (Lipinski definition) is 9. The molecule has 3 aromatic heterocycles. The van der Waals surface area contributed by atoms with Gasteiger partial charge in [-0.05, 0) is 62.0 Å². The highest BCUT2D eigenvalue weighted by Gasteiger charge is 2.18. The molecule has 3 N–H and O–H groups in total. The number of anilines is 2. The number of rotatable bonds is 13. The van der Waals surface area contributed by atoms with Gasteiger partial charge in [0.25, 0.3) is 0 Å². The van der Waals surface area contributed by atoms with E-state index in [2.05, 4.69) is 47.0 Å². The number of likely N-dealkylation sites (N-methyl/N-ethyl adjacent to an activating group) is 1. The van der Waals surface area contributed by atoms with Crippen molar-refractivity contribution in [3.05, 3.63) is 90.0 Å². The third-order valence-corrected chi connectivity index (χ3v) is 8.48. The van der Waals surface area contributed by atoms with E-state index < -0.39 is 0 Å². The molecule has 4 heterocycles. The van der Waals surface area contributed by atoms with Crippen molar-refractivity contribution in [1.82, 2.24) is 34.8 Å². The minimum atomic E-state index is -0.155. The van der Waals surface area contributed by atoms with Crippen LogP contribution in [-0.2, 0) is 22.5 Å². The predicted molar refractivity (Wildman–Crippen MR) is 191 cm³/mol. The molecule has 11 heteroatoms. The molecule has 2 aromatic carbocycles. The van der Waals surface area contributed by atoms with Crippen molar-refractivity contribution >= 4 is 34.0 Å². The number of amides is 1. The van der Waals surface area contributed by atoms with Crippen molar-refractivity contribution in [2.75, 3.05) is 51.0 Å². The second-order valence-electron chi connectivity index (χ2n) is 12.8. The van der Waals surface area contributed by atoms with Crippen LogP contribution in [-0.4, -0.2) is 81.8 Å². The number of benzene rings is 2. The number of aryl methyl sites for hydroxylation is 1. The zero-order valence-electron chi connectivity index (χ0n) is 28.2. The Kier molecular flexibility index (Phi) is 10.7. The molecule has 0 aliphatic carbocycles. The molecule has 1 atom stereocenters. The second kappa shape index (κ2) is 15.5. The Labute approximate surface area is 281 Å². The predicted octanol–water partition coefficient (Wildman–Crippen LogP) is 5.44. The summed E-state index contributed by atoms with van der Waals surface area (Å²) in [4.78, 5) is 29.2. The fourth-order valence-electron chi connectivity index (χ4n) is 5.97. The molecule has 1 unspecified atom stereocenters. The monoisotopic (exact) mass is 647 g/mol. The maximum Gasteiger partial charge on any atom is 0.248 e. The topological polar surface area (TPSA) is 122 Å². The van der Waals surface area contributed by atoms with Gasteiger partial charge in [-0.2, -0.15) is 14.6 Å². The summed E-state index contributed by atoms with van der Waals surface area (Å²) in [6, 6.07) is 16.2. The van der Waals surface area contributed by atoms with Gasteiger partial charge in [0.15, 0.2) is 5.65 Å². The largest absolute Gasteiger partial charge is 0.376 e. The van der Waals surface area contributed by atoms with Crippen LogP contribution in [0.3, 0.4) is 0 Å². The fourth-order valence-corrected chi connectivity index (χ4v) is 5.97. The average Bonchev–Trinajstić information content (AvgIpc) is 3.52. The van der Waals surface area contributed by atoms with E-state index in [4.69, 9.17) is 19.7 Å². The molecule has 1 aliphatic rings. The molecule has 0 bridgehead atoms. The van der Waals surface area contributed by atoms with Crippen LogP contribution in [0.2, 0.25) is 0 Å². The Morgan fingerprint density at radius 3 is 2.85 bits per heavy atom. The lowest BCUT2D eigenvalue weighted by Gasteiger charge is -2.23. The van der Waals surface area contributed by atoms with E-state index in [1.807, 2.05) is 78.4 Å². The van der Waals surface area contributed by atoms with Gasteiger partial charge < -0.3 is 25.6 Å². The molecular weight excluding hydrogens is 602 g/mol. The van der Waals surface area contributed by atoms with Crippen molar-refractivity contribution < 1.29 is 9.53 Å². The summed E-state index contributed by atoms with van der Waals surface area (Å²) < 4.78 is 7.71. The van der Waals surface area contributed by atoms with Gasteiger partial charge in [-0.15, -0.1) is 0 Å². The number of carbonyl (C=O) groups excluding carboxylic acids is 1. The summed E-state index contributed by atoms with van der Waals surface area (Å²) in [7, 11) is 3.93. The minimum absolute atomic E-state index is 0.155. The third kappa shape index (κ3) is 8.04. The molecule has 11 nitrogen and oxygen atoms in total. The van der Waals surface area contributed by atoms with Crippen LogP contribution >= 0.6 is 0 Å². The maximum absolute atomic E-state index is 12.4. The number of hydrogen-bond donors (Lipinski definition) is 3. The average molecular weight is 648 g/mol. The van der Waals surface area contributed by atoms with Gasteiger partial charge in [0.1, 0.15) is 5.82 Å². The van der Waals surface area contributed by atoms with Gasteiger partial charge in [-0.3, -0.25) is 9.78 Å². The summed E-state index contributed by atoms with van der Waals surface area (Å²) in [6.07, 6.45) is 10.0. The Morgan fingerprint density at radius 2 is 2.04 bits per heavy atom. The standard InChI is InChI=1S/C37H45N9O2/c1-25(2)32-24-41-46-36(32)43-33(12-7-10-29-23-38-18-20-48-29)44-37(46)40-22-27-9-5-6-11-30(27)35-31-15-14-28(21-26(31)16-17-39-35)42-34(47)13-8-19-45(3)4/h5-6,8-9,11,13-17,21,24-25,29,38H,7,10,12,18-20,22-23H2,1-4H3,(H,42,47)(H,40,43,44)/b13-8+. The van der Waals surface area contributed by atoms with E-state index in [9.17, 15) is 4.79 Å². The molecule has 0 spiro atoms. The molecule has 1 amide bonds. The first-order chi connectivity index (χ1) is 23.4. The van der Waals surface area contributed by atoms with Gasteiger partial charge in [0, 0.05) is 67.1 Å². The highest BCUT2D eigenvalue weighted by molar-refractivity contribution is 6.02. The summed E-state index contributed by atoms with van der Waals surface area (Å²) in [5, 5.41) is 16.6. The number of nitrogens with one attached hydrogen (secondary N) is 3. The van der Waals surface area contributed by atoms with E-state index in [1.165, 1.54) is 0 Å². The summed E-state index contributed by atoms with van der Waals surface area (Å²) >= 11 is 0. The van der Waals surface area contributed by atoms with E-state index in [-0.39, 0.29) is 17.9 Å². The molecule has 0 saturated carbocycles. The first-order valence-electron chi connectivity index (χ1n) is 16.8. The summed E-state index contributed by atoms with van der Waals surface area (Å²) in [5.41, 5.74) is 5.65. The van der Waals surface area contributed by atoms with E-state index >= 15 is 0 Å². The molecule has 1 saturated heterocycles. The van der Waals surface area contributed by atoms with Crippen molar-refractivity contribution in [3.63, 3.8) is 0 Å². The summed E-state index contributed by atoms with van der Waals surface area (Å²) in [6.45, 7) is 8.11. The zero-order valence-corrected chi connectivity index (χ0v) is 28.2. The number of nitrogens with zero attached hydrogens (tertiary/aromatic N) is 6. The molecule has 0 radical (unpaired) electrons. The van der Waals surface area contributed by atoms with E-state index in [1.54, 1.807) is 6.08 Å². The van der Waals surface area contributed by atoms with Gasteiger partial charge in [0.05, 0.1) is 24.6 Å². The lowest BCUT2D eigenvalue weighted by molar-refractivity contribution is -0.111. The molecule has 1 fully saturated rings. The highest BCUT2D eigenvalue weighted by Crippen LogP contribution is 2.31. The van der Waals surface area contributed by atoms with Crippen LogP contribution in [0.4, 0.5) is 11.6 Å². The van der Waals surface area contributed by atoms with Crippen molar-refractivity contribution in [3.8, 4) is 11.3 Å². The Bertz CT molecular complexity index is 1890. The molecule has 6 rings (SSSR count). The van der Waals surface area contributed by atoms with Gasteiger partial charge >= 0.3 is 0 Å². The van der Waals surface area contributed by atoms with Crippen molar-refractivity contribution in [1.29, 1.82) is 0 Å². The zero-order chi connectivity index (χ0) is 33.5. The Hall–Kier alpha value is -4.71. The lowest BCUT2D eigenvalue weighted by atomic mass is 9.99. The minimum Gasteiger partial charge on any atom is -0.376 e. The first kappa shape index (κ1) is 33.2. The number of pyridine rings is 1. The van der Waals surface area contributed by atoms with E-state index in [0.29, 0.717) is 19.0 Å². The molecule has 5 aromatic rings. The molecular formula is C37H45N9O2. The molecule has 1 aliphatic heterocycles. The number of aromatic nitrogens is 5. The SMILES string of the molecule is CC(C)c1cnn2c(NCc3ccccc3-c3nccc4cc(NC(=O)/C=C/CN(C)C)ccc34)nc(CCCC3CNCCO3)nc12. The van der Waals surface area contributed by atoms with Gasteiger partial charge in [0.2, 0.25) is 11.9 Å².